The smallest absolute Gasteiger partial charge is 0.221 e. The zero-order valence-corrected chi connectivity index (χ0v) is 22.3. The van der Waals surface area contributed by atoms with Gasteiger partial charge in [-0.15, -0.1) is 0 Å². The van der Waals surface area contributed by atoms with Crippen molar-refractivity contribution in [2.24, 2.45) is 5.73 Å². The molecule has 1 saturated heterocycles. The second-order valence-electron chi connectivity index (χ2n) is 9.92. The fraction of sp³-hybridized carbons (Fsp3) is 0.464. The van der Waals surface area contributed by atoms with Crippen LogP contribution in [0.2, 0.25) is 0 Å². The van der Waals surface area contributed by atoms with E-state index in [9.17, 15) is 18.3 Å². The molecule has 0 saturated carbocycles. The molecule has 8 nitrogen and oxygen atoms in total. The van der Waals surface area contributed by atoms with E-state index in [1.54, 1.807) is 4.31 Å². The standard InChI is InChI=1S/C28H38N4O4S/c1-2-24(33)18-30-11-6-14-37(35,36)32-12-9-21(10-13-32)26-19-31-28-23(17-27(29)34)15-22(16-25(26)28)20-7-4-3-5-8-20/h3-5,7-8,15-16,19,21,24,30-31,33H,2,6,9-14,17-18H2,1H3,(H2,29,34). The Morgan fingerprint density at radius 1 is 1.19 bits per heavy atom. The number of carbonyl (C=O) groups excluding carboxylic acids is 1. The lowest BCUT2D eigenvalue weighted by atomic mass is 9.88. The predicted molar refractivity (Wildman–Crippen MR) is 148 cm³/mol. The number of aliphatic hydroxyl groups is 1. The summed E-state index contributed by atoms with van der Waals surface area (Å²) in [6.07, 6.45) is 4.45. The number of amides is 1. The molecule has 3 aromatic rings. The van der Waals surface area contributed by atoms with E-state index in [1.165, 1.54) is 0 Å². The summed E-state index contributed by atoms with van der Waals surface area (Å²) in [5, 5.41) is 13.8. The van der Waals surface area contributed by atoms with Crippen LogP contribution in [0, 0.1) is 0 Å². The number of nitrogens with one attached hydrogen (secondary N) is 2. The van der Waals surface area contributed by atoms with Crippen molar-refractivity contribution in [2.75, 3.05) is 31.9 Å². The summed E-state index contributed by atoms with van der Waals surface area (Å²) in [6, 6.07) is 14.2. The first kappa shape index (κ1) is 27.3. The van der Waals surface area contributed by atoms with Crippen LogP contribution in [0.1, 0.15) is 49.7 Å². The second-order valence-corrected chi connectivity index (χ2v) is 12.0. The molecule has 4 rings (SSSR count). The van der Waals surface area contributed by atoms with E-state index in [0.717, 1.165) is 46.0 Å². The van der Waals surface area contributed by atoms with Gasteiger partial charge in [-0.3, -0.25) is 4.79 Å². The lowest BCUT2D eigenvalue weighted by Crippen LogP contribution is -2.39. The summed E-state index contributed by atoms with van der Waals surface area (Å²) in [4.78, 5) is 15.2. The number of fused-ring (bicyclic) bond motifs is 1. The van der Waals surface area contributed by atoms with Crippen molar-refractivity contribution in [1.82, 2.24) is 14.6 Å². The zero-order chi connectivity index (χ0) is 26.4. The van der Waals surface area contributed by atoms with Gasteiger partial charge in [-0.1, -0.05) is 37.3 Å². The minimum Gasteiger partial charge on any atom is -0.392 e. The highest BCUT2D eigenvalue weighted by Crippen LogP contribution is 2.37. The Balaban J connectivity index is 1.46. The van der Waals surface area contributed by atoms with Crippen molar-refractivity contribution in [3.05, 3.63) is 59.8 Å². The minimum atomic E-state index is -3.32. The zero-order valence-electron chi connectivity index (χ0n) is 21.4. The number of nitrogens with zero attached hydrogens (tertiary/aromatic N) is 1. The second kappa shape index (κ2) is 12.2. The van der Waals surface area contributed by atoms with Crippen LogP contribution < -0.4 is 11.1 Å². The quantitative estimate of drug-likeness (QED) is 0.270. The molecular formula is C28H38N4O4S. The number of aliphatic hydroxyl groups excluding tert-OH is 1. The molecule has 5 N–H and O–H groups in total. The molecule has 1 aliphatic heterocycles. The Bertz CT molecular complexity index is 1300. The number of H-pyrrole nitrogens is 1. The van der Waals surface area contributed by atoms with E-state index in [1.807, 2.05) is 49.5 Å². The number of piperidine rings is 1. The Hall–Kier alpha value is -2.72. The number of sulfonamides is 1. The molecule has 1 unspecified atom stereocenters. The first-order chi connectivity index (χ1) is 17.8. The normalized spacial score (nSPS) is 16.3. The van der Waals surface area contributed by atoms with Crippen molar-refractivity contribution in [3.8, 4) is 11.1 Å². The Labute approximate surface area is 219 Å². The van der Waals surface area contributed by atoms with E-state index in [-0.39, 0.29) is 24.0 Å². The van der Waals surface area contributed by atoms with Gasteiger partial charge in [0.15, 0.2) is 0 Å². The van der Waals surface area contributed by atoms with Crippen LogP contribution >= 0.6 is 0 Å². The summed E-state index contributed by atoms with van der Waals surface area (Å²) in [5.74, 6) is -0.0422. The molecule has 1 amide bonds. The number of hydrogen-bond donors (Lipinski definition) is 4. The number of aromatic nitrogens is 1. The highest BCUT2D eigenvalue weighted by Gasteiger charge is 2.29. The van der Waals surface area contributed by atoms with Crippen LogP contribution in [0.5, 0.6) is 0 Å². The van der Waals surface area contributed by atoms with Gasteiger partial charge >= 0.3 is 0 Å². The van der Waals surface area contributed by atoms with Gasteiger partial charge in [0.2, 0.25) is 15.9 Å². The highest BCUT2D eigenvalue weighted by molar-refractivity contribution is 7.89. The lowest BCUT2D eigenvalue weighted by Gasteiger charge is -2.31. The summed E-state index contributed by atoms with van der Waals surface area (Å²) < 4.78 is 27.4. The molecule has 9 heteroatoms. The number of aromatic amines is 1. The van der Waals surface area contributed by atoms with Crippen molar-refractivity contribution in [3.63, 3.8) is 0 Å². The third kappa shape index (κ3) is 6.78. The third-order valence-corrected chi connectivity index (χ3v) is 9.23. The molecule has 0 spiro atoms. The van der Waals surface area contributed by atoms with Crippen molar-refractivity contribution in [2.45, 2.75) is 51.0 Å². The van der Waals surface area contributed by atoms with Gasteiger partial charge in [0.05, 0.1) is 18.3 Å². The molecular weight excluding hydrogens is 488 g/mol. The van der Waals surface area contributed by atoms with E-state index in [2.05, 4.69) is 16.4 Å². The largest absolute Gasteiger partial charge is 0.392 e. The number of hydrogen-bond acceptors (Lipinski definition) is 5. The number of nitrogens with two attached hydrogens (primary N) is 1. The molecule has 200 valence electrons. The van der Waals surface area contributed by atoms with Gasteiger partial charge in [0.25, 0.3) is 0 Å². The van der Waals surface area contributed by atoms with Crippen LogP contribution in [-0.4, -0.2) is 66.8 Å². The van der Waals surface area contributed by atoms with E-state index in [4.69, 9.17) is 5.73 Å². The topological polar surface area (TPSA) is 129 Å². The lowest BCUT2D eigenvalue weighted by molar-refractivity contribution is -0.117. The molecule has 1 aromatic heterocycles. The maximum atomic E-state index is 12.9. The summed E-state index contributed by atoms with van der Waals surface area (Å²) >= 11 is 0. The van der Waals surface area contributed by atoms with E-state index in [0.29, 0.717) is 39.0 Å². The Morgan fingerprint density at radius 3 is 2.59 bits per heavy atom. The average molecular weight is 527 g/mol. The van der Waals surface area contributed by atoms with E-state index >= 15 is 0 Å². The van der Waals surface area contributed by atoms with E-state index < -0.39 is 16.1 Å². The average Bonchev–Trinajstić information content (AvgIpc) is 3.33. The van der Waals surface area contributed by atoms with Crippen molar-refractivity contribution in [1.29, 1.82) is 0 Å². The van der Waals surface area contributed by atoms with Crippen LogP contribution in [0.4, 0.5) is 0 Å². The van der Waals surface area contributed by atoms with Crippen molar-refractivity contribution >= 4 is 26.8 Å². The van der Waals surface area contributed by atoms with Crippen LogP contribution in [0.3, 0.4) is 0 Å². The molecule has 1 atom stereocenters. The Morgan fingerprint density at radius 2 is 1.92 bits per heavy atom. The molecule has 0 aliphatic carbocycles. The van der Waals surface area contributed by atoms with Gasteiger partial charge in [-0.05, 0) is 72.5 Å². The Kier molecular flexibility index (Phi) is 9.02. The molecule has 2 aromatic carbocycles. The van der Waals surface area contributed by atoms with Gasteiger partial charge < -0.3 is 21.1 Å². The SMILES string of the molecule is CCC(O)CNCCCS(=O)(=O)N1CCC(c2c[nH]c3c(CC(N)=O)cc(-c4ccccc4)cc23)CC1. The maximum Gasteiger partial charge on any atom is 0.221 e. The first-order valence-electron chi connectivity index (χ1n) is 13.1. The van der Waals surface area contributed by atoms with Crippen LogP contribution in [-0.2, 0) is 21.2 Å². The van der Waals surface area contributed by atoms with Crippen molar-refractivity contribution < 1.29 is 18.3 Å². The molecule has 1 aliphatic rings. The predicted octanol–water partition coefficient (Wildman–Crippen LogP) is 3.12. The van der Waals surface area contributed by atoms with Gasteiger partial charge in [-0.2, -0.15) is 0 Å². The van der Waals surface area contributed by atoms with Crippen LogP contribution in [0.15, 0.2) is 48.7 Å². The molecule has 37 heavy (non-hydrogen) atoms. The fourth-order valence-electron chi connectivity index (χ4n) is 5.16. The minimum absolute atomic E-state index is 0.108. The molecule has 0 bridgehead atoms. The molecule has 1 fully saturated rings. The number of rotatable bonds is 12. The third-order valence-electron chi connectivity index (χ3n) is 7.27. The summed E-state index contributed by atoms with van der Waals surface area (Å²) in [5.41, 5.74) is 10.6. The maximum absolute atomic E-state index is 12.9. The van der Waals surface area contributed by atoms with Crippen LogP contribution in [0.25, 0.3) is 22.0 Å². The number of primary amides is 1. The highest BCUT2D eigenvalue weighted by atomic mass is 32.2. The van der Waals surface area contributed by atoms with Gasteiger partial charge in [0.1, 0.15) is 0 Å². The number of benzene rings is 2. The van der Waals surface area contributed by atoms with Gasteiger partial charge in [0, 0.05) is 36.7 Å². The monoisotopic (exact) mass is 526 g/mol. The molecule has 2 heterocycles. The summed E-state index contributed by atoms with van der Waals surface area (Å²) in [7, 11) is -3.32. The summed E-state index contributed by atoms with van der Waals surface area (Å²) in [6.45, 7) is 3.96. The van der Waals surface area contributed by atoms with Gasteiger partial charge in [-0.25, -0.2) is 12.7 Å². The molecule has 0 radical (unpaired) electrons. The fourth-order valence-corrected chi connectivity index (χ4v) is 6.69. The first-order valence-corrected chi connectivity index (χ1v) is 14.7. The number of carbonyl (C=O) groups is 1.